The molecule has 138 valence electrons. The normalized spacial score (nSPS) is 18.4. The number of hydrogen-bond donors (Lipinski definition) is 1. The number of carbonyl (C=O) groups excluding carboxylic acids is 1. The molecule has 1 aliphatic rings. The van der Waals surface area contributed by atoms with E-state index in [-0.39, 0.29) is 30.0 Å². The van der Waals surface area contributed by atoms with Gasteiger partial charge >= 0.3 is 0 Å². The quantitative estimate of drug-likeness (QED) is 0.847. The zero-order chi connectivity index (χ0) is 18.6. The average molecular weight is 372 g/mol. The van der Waals surface area contributed by atoms with Crippen LogP contribution < -0.4 is 10.2 Å². The van der Waals surface area contributed by atoms with Crippen molar-refractivity contribution in [2.45, 2.75) is 25.8 Å². The van der Waals surface area contributed by atoms with Crippen LogP contribution in [-0.2, 0) is 21.1 Å². The second kappa shape index (κ2) is 7.91. The molecule has 0 unspecified atom stereocenters. The lowest BCUT2D eigenvalue weighted by molar-refractivity contribution is -0.117. The van der Waals surface area contributed by atoms with Crippen molar-refractivity contribution in [3.63, 3.8) is 0 Å². The van der Waals surface area contributed by atoms with Crippen molar-refractivity contribution in [1.29, 1.82) is 0 Å². The molecular formula is C20H24N2O3S. The number of nitrogens with zero attached hydrogens (tertiary/aromatic N) is 1. The fourth-order valence-corrected chi connectivity index (χ4v) is 5.08. The Morgan fingerprint density at radius 3 is 2.46 bits per heavy atom. The third-order valence-corrected chi connectivity index (χ3v) is 6.46. The molecule has 0 saturated carbocycles. The topological polar surface area (TPSA) is 66.5 Å². The van der Waals surface area contributed by atoms with Gasteiger partial charge in [0.1, 0.15) is 0 Å². The van der Waals surface area contributed by atoms with Crippen molar-refractivity contribution < 1.29 is 13.2 Å². The maximum Gasteiger partial charge on any atom is 0.246 e. The van der Waals surface area contributed by atoms with E-state index >= 15 is 0 Å². The van der Waals surface area contributed by atoms with Crippen LogP contribution in [0.1, 0.15) is 18.9 Å². The summed E-state index contributed by atoms with van der Waals surface area (Å²) in [7, 11) is -3.07. The number of amides is 1. The van der Waals surface area contributed by atoms with Gasteiger partial charge < -0.3 is 10.2 Å². The lowest BCUT2D eigenvalue weighted by Crippen LogP contribution is -2.44. The summed E-state index contributed by atoms with van der Waals surface area (Å²) in [5.41, 5.74) is 2.83. The first-order valence-corrected chi connectivity index (χ1v) is 10.7. The van der Waals surface area contributed by atoms with E-state index in [1.165, 1.54) is 0 Å². The molecule has 1 atom stereocenters. The molecule has 2 aromatic carbocycles. The van der Waals surface area contributed by atoms with E-state index < -0.39 is 9.84 Å². The highest BCUT2D eigenvalue weighted by atomic mass is 32.2. The second-order valence-electron chi connectivity index (χ2n) is 6.52. The van der Waals surface area contributed by atoms with Crippen LogP contribution in [0.4, 0.5) is 11.4 Å². The molecule has 0 spiro atoms. The Balaban J connectivity index is 1.79. The van der Waals surface area contributed by atoms with Crippen LogP contribution in [-0.4, -0.2) is 38.4 Å². The summed E-state index contributed by atoms with van der Waals surface area (Å²) in [6.45, 7) is 2.20. The van der Waals surface area contributed by atoms with Crippen molar-refractivity contribution >= 4 is 27.1 Å². The summed E-state index contributed by atoms with van der Waals surface area (Å²) in [5.74, 6) is 0.0451. The van der Waals surface area contributed by atoms with Gasteiger partial charge in [-0.1, -0.05) is 43.3 Å². The zero-order valence-electron chi connectivity index (χ0n) is 14.9. The first kappa shape index (κ1) is 18.5. The summed E-state index contributed by atoms with van der Waals surface area (Å²) in [4.78, 5) is 14.6. The van der Waals surface area contributed by atoms with Gasteiger partial charge in [-0.25, -0.2) is 8.42 Å². The molecule has 26 heavy (non-hydrogen) atoms. The Hall–Kier alpha value is -2.34. The van der Waals surface area contributed by atoms with Crippen molar-refractivity contribution in [2.24, 2.45) is 0 Å². The third-order valence-electron chi connectivity index (χ3n) is 4.70. The molecule has 1 heterocycles. The Labute approximate surface area is 154 Å². The Bertz CT molecular complexity index is 866. The highest BCUT2D eigenvalue weighted by Crippen LogP contribution is 2.25. The van der Waals surface area contributed by atoms with Crippen LogP contribution in [0.25, 0.3) is 0 Å². The molecule has 6 heteroatoms. The second-order valence-corrected chi connectivity index (χ2v) is 8.75. The van der Waals surface area contributed by atoms with Gasteiger partial charge in [0.25, 0.3) is 0 Å². The first-order chi connectivity index (χ1) is 12.5. The highest BCUT2D eigenvalue weighted by Gasteiger charge is 2.35. The number of nitrogens with one attached hydrogen (secondary N) is 1. The number of sulfone groups is 1. The first-order valence-electron chi connectivity index (χ1n) is 8.89. The van der Waals surface area contributed by atoms with Gasteiger partial charge in [-0.2, -0.15) is 0 Å². The van der Waals surface area contributed by atoms with E-state index in [0.29, 0.717) is 6.42 Å². The molecule has 0 radical (unpaired) electrons. The number of anilines is 2. The van der Waals surface area contributed by atoms with E-state index in [1.807, 2.05) is 54.6 Å². The minimum atomic E-state index is -3.07. The van der Waals surface area contributed by atoms with Crippen molar-refractivity contribution in [1.82, 2.24) is 0 Å². The molecule has 0 aromatic heterocycles. The SMILES string of the molecule is CCc1ccccc1NCC(=O)N(c1ccccc1)[C@@H]1CCS(=O)(=O)C1. The Kier molecular flexibility index (Phi) is 5.61. The molecule has 3 rings (SSSR count). The molecule has 1 saturated heterocycles. The Morgan fingerprint density at radius 2 is 1.81 bits per heavy atom. The zero-order valence-corrected chi connectivity index (χ0v) is 15.7. The molecule has 0 bridgehead atoms. The molecule has 1 fully saturated rings. The van der Waals surface area contributed by atoms with Crippen molar-refractivity contribution in [3.8, 4) is 0 Å². The van der Waals surface area contributed by atoms with E-state index in [2.05, 4.69) is 12.2 Å². The number of carbonyl (C=O) groups is 1. The van der Waals surface area contributed by atoms with Crippen molar-refractivity contribution in [3.05, 3.63) is 60.2 Å². The predicted octanol–water partition coefficient (Wildman–Crippen LogP) is 2.88. The van der Waals surface area contributed by atoms with Crippen LogP contribution >= 0.6 is 0 Å². The highest BCUT2D eigenvalue weighted by molar-refractivity contribution is 7.91. The van der Waals surface area contributed by atoms with Crippen LogP contribution in [0, 0.1) is 0 Å². The van der Waals surface area contributed by atoms with Gasteiger partial charge in [0.15, 0.2) is 9.84 Å². The van der Waals surface area contributed by atoms with E-state index in [0.717, 1.165) is 23.4 Å². The van der Waals surface area contributed by atoms with Gasteiger partial charge in [0.2, 0.25) is 5.91 Å². The van der Waals surface area contributed by atoms with Crippen LogP contribution in [0.15, 0.2) is 54.6 Å². The van der Waals surface area contributed by atoms with E-state index in [1.54, 1.807) is 4.90 Å². The maximum atomic E-state index is 13.0. The fraction of sp³-hybridized carbons (Fsp3) is 0.350. The lowest BCUT2D eigenvalue weighted by Gasteiger charge is -2.29. The summed E-state index contributed by atoms with van der Waals surface area (Å²) in [6, 6.07) is 16.9. The molecule has 5 nitrogen and oxygen atoms in total. The molecule has 1 aliphatic heterocycles. The fourth-order valence-electron chi connectivity index (χ4n) is 3.38. The molecule has 2 aromatic rings. The number of para-hydroxylation sites is 2. The van der Waals surface area contributed by atoms with Gasteiger partial charge in [0, 0.05) is 11.4 Å². The minimum Gasteiger partial charge on any atom is -0.376 e. The Morgan fingerprint density at radius 1 is 1.12 bits per heavy atom. The van der Waals surface area contributed by atoms with Crippen LogP contribution in [0.3, 0.4) is 0 Å². The molecule has 1 N–H and O–H groups in total. The van der Waals surface area contributed by atoms with Gasteiger partial charge in [0.05, 0.1) is 24.1 Å². The number of aryl methyl sites for hydroxylation is 1. The number of rotatable bonds is 6. The summed E-state index contributed by atoms with van der Waals surface area (Å²) < 4.78 is 23.8. The number of hydrogen-bond acceptors (Lipinski definition) is 4. The maximum absolute atomic E-state index is 13.0. The van der Waals surface area contributed by atoms with E-state index in [9.17, 15) is 13.2 Å². The smallest absolute Gasteiger partial charge is 0.246 e. The standard InChI is InChI=1S/C20H24N2O3S/c1-2-16-8-6-7-11-19(16)21-14-20(23)22(17-9-4-3-5-10-17)18-12-13-26(24,25)15-18/h3-11,18,21H,2,12-15H2,1H3/t18-/m1/s1. The summed E-state index contributed by atoms with van der Waals surface area (Å²) in [6.07, 6.45) is 1.36. The summed E-state index contributed by atoms with van der Waals surface area (Å²) >= 11 is 0. The van der Waals surface area contributed by atoms with Crippen LogP contribution in [0.5, 0.6) is 0 Å². The van der Waals surface area contributed by atoms with E-state index in [4.69, 9.17) is 0 Å². The van der Waals surface area contributed by atoms with Gasteiger partial charge in [-0.15, -0.1) is 0 Å². The summed E-state index contributed by atoms with van der Waals surface area (Å²) in [5, 5.41) is 3.22. The molecule has 0 aliphatic carbocycles. The average Bonchev–Trinajstić information content (AvgIpc) is 3.00. The van der Waals surface area contributed by atoms with Gasteiger partial charge in [-0.3, -0.25) is 4.79 Å². The third kappa shape index (κ3) is 4.25. The molecule has 1 amide bonds. The minimum absolute atomic E-state index is 0.0270. The van der Waals surface area contributed by atoms with Gasteiger partial charge in [-0.05, 0) is 36.6 Å². The monoisotopic (exact) mass is 372 g/mol. The molecular weight excluding hydrogens is 348 g/mol. The predicted molar refractivity (Wildman–Crippen MR) is 105 cm³/mol. The largest absolute Gasteiger partial charge is 0.376 e. The lowest BCUT2D eigenvalue weighted by atomic mass is 10.1. The number of benzene rings is 2. The van der Waals surface area contributed by atoms with Crippen molar-refractivity contribution in [2.75, 3.05) is 28.3 Å². The van der Waals surface area contributed by atoms with Crippen LogP contribution in [0.2, 0.25) is 0 Å².